The van der Waals surface area contributed by atoms with Crippen LogP contribution in [0.15, 0.2) is 48.5 Å². The molecule has 0 spiro atoms. The number of carbonyl (C=O) groups is 4. The lowest BCUT2D eigenvalue weighted by atomic mass is 10.1. The molecule has 0 atom stereocenters. The zero-order valence-corrected chi connectivity index (χ0v) is 17.8. The fourth-order valence-corrected chi connectivity index (χ4v) is 4.10. The van der Waals surface area contributed by atoms with Crippen molar-refractivity contribution >= 4 is 35.0 Å². The first-order valence-electron chi connectivity index (χ1n) is 10.9. The van der Waals surface area contributed by atoms with Gasteiger partial charge in [0.05, 0.1) is 22.5 Å². The van der Waals surface area contributed by atoms with E-state index in [-0.39, 0.29) is 25.4 Å². The number of nitrogens with zero attached hydrogens (tertiary/aromatic N) is 2. The lowest BCUT2D eigenvalue weighted by Gasteiger charge is -2.30. The summed E-state index contributed by atoms with van der Waals surface area (Å²) in [7, 11) is 0. The van der Waals surface area contributed by atoms with E-state index >= 15 is 0 Å². The Morgan fingerprint density at radius 1 is 0.812 bits per heavy atom. The van der Waals surface area contributed by atoms with E-state index in [9.17, 15) is 19.2 Å². The quantitative estimate of drug-likeness (QED) is 0.652. The minimum atomic E-state index is -0.485. The van der Waals surface area contributed by atoms with Crippen molar-refractivity contribution in [2.75, 3.05) is 36.4 Å². The second kappa shape index (κ2) is 9.64. The average molecular weight is 434 g/mol. The molecule has 1 saturated heterocycles. The van der Waals surface area contributed by atoms with Gasteiger partial charge in [0, 0.05) is 26.1 Å². The number of anilines is 2. The van der Waals surface area contributed by atoms with Crippen molar-refractivity contribution in [3.8, 4) is 0 Å². The minimum Gasteiger partial charge on any atom is -0.370 e. The van der Waals surface area contributed by atoms with E-state index in [1.54, 1.807) is 24.3 Å². The number of para-hydroxylation sites is 2. The number of hydrogen-bond acceptors (Lipinski definition) is 5. The molecule has 0 bridgehead atoms. The van der Waals surface area contributed by atoms with E-state index in [2.05, 4.69) is 15.5 Å². The molecule has 4 amide bonds. The predicted octanol–water partition coefficient (Wildman–Crippen LogP) is 2.42. The molecule has 32 heavy (non-hydrogen) atoms. The normalized spacial score (nSPS) is 15.5. The molecule has 8 nitrogen and oxygen atoms in total. The topological polar surface area (TPSA) is 98.8 Å². The van der Waals surface area contributed by atoms with Crippen molar-refractivity contribution in [3.63, 3.8) is 0 Å². The Morgan fingerprint density at radius 2 is 1.44 bits per heavy atom. The molecule has 2 N–H and O–H groups in total. The van der Waals surface area contributed by atoms with Crippen LogP contribution < -0.4 is 15.5 Å². The zero-order chi connectivity index (χ0) is 22.5. The van der Waals surface area contributed by atoms with Gasteiger partial charge in [0.1, 0.15) is 6.54 Å². The molecule has 1 fully saturated rings. The second-order valence-electron chi connectivity index (χ2n) is 7.96. The minimum absolute atomic E-state index is 0.0855. The van der Waals surface area contributed by atoms with E-state index in [0.29, 0.717) is 11.1 Å². The van der Waals surface area contributed by atoms with Crippen LogP contribution in [0.3, 0.4) is 0 Å². The molecule has 2 aromatic carbocycles. The van der Waals surface area contributed by atoms with Gasteiger partial charge >= 0.3 is 0 Å². The van der Waals surface area contributed by atoms with Crippen LogP contribution in [0.4, 0.5) is 11.4 Å². The van der Waals surface area contributed by atoms with Gasteiger partial charge in [-0.25, -0.2) is 0 Å². The highest BCUT2D eigenvalue weighted by atomic mass is 16.2. The molecule has 2 heterocycles. The number of carbonyl (C=O) groups excluding carboxylic acids is 4. The van der Waals surface area contributed by atoms with Crippen LogP contribution in [-0.4, -0.2) is 54.7 Å². The molecule has 4 rings (SSSR count). The van der Waals surface area contributed by atoms with Gasteiger partial charge in [-0.2, -0.15) is 0 Å². The molecule has 2 aliphatic rings. The number of fused-ring (bicyclic) bond motifs is 1. The Kier molecular flexibility index (Phi) is 6.49. The molecular weight excluding hydrogens is 408 g/mol. The molecule has 2 aliphatic heterocycles. The van der Waals surface area contributed by atoms with E-state index in [1.807, 2.05) is 24.3 Å². The number of piperidine rings is 1. The molecular formula is C24H26N4O4. The third-order valence-corrected chi connectivity index (χ3v) is 5.73. The third kappa shape index (κ3) is 4.64. The lowest BCUT2D eigenvalue weighted by Crippen LogP contribution is -2.41. The summed E-state index contributed by atoms with van der Waals surface area (Å²) in [6.07, 6.45) is 3.59. The first kappa shape index (κ1) is 21.5. The fourth-order valence-electron chi connectivity index (χ4n) is 4.10. The SMILES string of the molecule is O=C(CN1C(=O)c2ccccc2C1=O)NCCC(=O)Nc1ccccc1N1CCCCC1. The highest BCUT2D eigenvalue weighted by Crippen LogP contribution is 2.28. The fraction of sp³-hybridized carbons (Fsp3) is 0.333. The van der Waals surface area contributed by atoms with Crippen LogP contribution in [0.2, 0.25) is 0 Å². The standard InChI is InChI=1S/C24H26N4O4/c29-21(26-19-10-4-5-11-20(19)27-14-6-1-7-15-27)12-13-25-22(30)16-28-23(31)17-8-2-3-9-18(17)24(28)32/h2-5,8-11H,1,6-7,12-16H2,(H,25,30)(H,26,29). The summed E-state index contributed by atoms with van der Waals surface area (Å²) in [4.78, 5) is 52.6. The molecule has 166 valence electrons. The smallest absolute Gasteiger partial charge is 0.262 e. The number of nitrogens with one attached hydrogen (secondary N) is 2. The van der Waals surface area contributed by atoms with Crippen molar-refractivity contribution < 1.29 is 19.2 Å². The predicted molar refractivity (Wildman–Crippen MR) is 121 cm³/mol. The molecule has 0 radical (unpaired) electrons. The maximum Gasteiger partial charge on any atom is 0.262 e. The zero-order valence-electron chi connectivity index (χ0n) is 17.8. The number of benzene rings is 2. The molecule has 0 unspecified atom stereocenters. The van der Waals surface area contributed by atoms with Gasteiger partial charge < -0.3 is 15.5 Å². The molecule has 8 heteroatoms. The van der Waals surface area contributed by atoms with Crippen molar-refractivity contribution in [2.24, 2.45) is 0 Å². The molecule has 0 saturated carbocycles. The molecule has 0 aromatic heterocycles. The van der Waals surface area contributed by atoms with Gasteiger partial charge in [-0.15, -0.1) is 0 Å². The summed E-state index contributed by atoms with van der Waals surface area (Å²) >= 11 is 0. The van der Waals surface area contributed by atoms with E-state index < -0.39 is 17.7 Å². The van der Waals surface area contributed by atoms with Gasteiger partial charge in [-0.3, -0.25) is 24.1 Å². The monoisotopic (exact) mass is 434 g/mol. The summed E-state index contributed by atoms with van der Waals surface area (Å²) in [6, 6.07) is 14.2. The van der Waals surface area contributed by atoms with Crippen molar-refractivity contribution in [3.05, 3.63) is 59.7 Å². The summed E-state index contributed by atoms with van der Waals surface area (Å²) in [5, 5.41) is 5.55. The Bertz CT molecular complexity index is 1010. The van der Waals surface area contributed by atoms with Crippen LogP contribution in [0, 0.1) is 0 Å². The first-order chi connectivity index (χ1) is 15.5. The Hall–Kier alpha value is -3.68. The Balaban J connectivity index is 1.26. The van der Waals surface area contributed by atoms with E-state index in [4.69, 9.17) is 0 Å². The van der Waals surface area contributed by atoms with Crippen LogP contribution in [0.1, 0.15) is 46.4 Å². The van der Waals surface area contributed by atoms with Gasteiger partial charge in [-0.05, 0) is 43.5 Å². The van der Waals surface area contributed by atoms with Crippen molar-refractivity contribution in [1.29, 1.82) is 0 Å². The number of rotatable bonds is 7. The summed E-state index contributed by atoms with van der Waals surface area (Å²) in [5.41, 5.74) is 2.38. The number of imide groups is 1. The maximum absolute atomic E-state index is 12.4. The highest BCUT2D eigenvalue weighted by Gasteiger charge is 2.36. The average Bonchev–Trinajstić information content (AvgIpc) is 3.05. The highest BCUT2D eigenvalue weighted by molar-refractivity contribution is 6.22. The Morgan fingerprint density at radius 3 is 2.12 bits per heavy atom. The van der Waals surface area contributed by atoms with Crippen LogP contribution >= 0.6 is 0 Å². The largest absolute Gasteiger partial charge is 0.370 e. The molecule has 2 aromatic rings. The van der Waals surface area contributed by atoms with Gasteiger partial charge in [0.15, 0.2) is 0 Å². The Labute approximate surface area is 186 Å². The number of hydrogen-bond donors (Lipinski definition) is 2. The third-order valence-electron chi connectivity index (χ3n) is 5.73. The maximum atomic E-state index is 12.4. The van der Waals surface area contributed by atoms with Crippen LogP contribution in [0.25, 0.3) is 0 Å². The van der Waals surface area contributed by atoms with E-state index in [0.717, 1.165) is 42.2 Å². The van der Waals surface area contributed by atoms with Crippen molar-refractivity contribution in [2.45, 2.75) is 25.7 Å². The molecule has 0 aliphatic carbocycles. The summed E-state index contributed by atoms with van der Waals surface area (Å²) in [6.45, 7) is 1.69. The lowest BCUT2D eigenvalue weighted by molar-refractivity contribution is -0.121. The summed E-state index contributed by atoms with van der Waals surface area (Å²) < 4.78 is 0. The second-order valence-corrected chi connectivity index (χ2v) is 7.96. The van der Waals surface area contributed by atoms with Gasteiger partial charge in [0.2, 0.25) is 11.8 Å². The van der Waals surface area contributed by atoms with Crippen molar-refractivity contribution in [1.82, 2.24) is 10.2 Å². The van der Waals surface area contributed by atoms with E-state index in [1.165, 1.54) is 6.42 Å². The first-order valence-corrected chi connectivity index (χ1v) is 10.9. The van der Waals surface area contributed by atoms with Gasteiger partial charge in [-0.1, -0.05) is 24.3 Å². The summed E-state index contributed by atoms with van der Waals surface area (Å²) in [5.74, 6) is -1.66. The van der Waals surface area contributed by atoms with Crippen LogP contribution in [-0.2, 0) is 9.59 Å². The van der Waals surface area contributed by atoms with Crippen LogP contribution in [0.5, 0.6) is 0 Å². The van der Waals surface area contributed by atoms with Gasteiger partial charge in [0.25, 0.3) is 11.8 Å². The number of amides is 4.